The second-order valence-electron chi connectivity index (χ2n) is 7.80. The van der Waals surface area contributed by atoms with Gasteiger partial charge in [-0.2, -0.15) is 0 Å². The van der Waals surface area contributed by atoms with Gasteiger partial charge >= 0.3 is 0 Å². The molecule has 1 aliphatic rings. The van der Waals surface area contributed by atoms with Crippen LogP contribution in [-0.2, 0) is 12.0 Å². The van der Waals surface area contributed by atoms with Crippen molar-refractivity contribution in [3.63, 3.8) is 0 Å². The Balaban J connectivity index is 1.60. The zero-order valence-corrected chi connectivity index (χ0v) is 17.3. The van der Waals surface area contributed by atoms with Crippen LogP contribution in [0.4, 0.5) is 0 Å². The Bertz CT molecular complexity index is 766. The van der Waals surface area contributed by atoms with Crippen molar-refractivity contribution < 1.29 is 9.21 Å². The molecule has 1 amide bonds. The van der Waals surface area contributed by atoms with Crippen LogP contribution in [0.1, 0.15) is 49.2 Å². The third kappa shape index (κ3) is 4.74. The van der Waals surface area contributed by atoms with Crippen molar-refractivity contribution in [3.8, 4) is 0 Å². The monoisotopic (exact) mass is 419 g/mol. The molecular weight excluding hydrogens is 394 g/mol. The molecule has 140 valence electrons. The van der Waals surface area contributed by atoms with Gasteiger partial charge in [-0.1, -0.05) is 42.8 Å². The molecule has 1 saturated heterocycles. The van der Waals surface area contributed by atoms with E-state index in [1.165, 1.54) is 0 Å². The van der Waals surface area contributed by atoms with Crippen LogP contribution in [0.15, 0.2) is 39.4 Å². The summed E-state index contributed by atoms with van der Waals surface area (Å²) in [5.74, 6) is 1.76. The van der Waals surface area contributed by atoms with Crippen molar-refractivity contribution in [1.82, 2.24) is 14.8 Å². The van der Waals surface area contributed by atoms with E-state index < -0.39 is 0 Å². The number of hydrogen-bond acceptors (Lipinski definition) is 4. The zero-order valence-electron chi connectivity index (χ0n) is 15.7. The standard InChI is InChI=1S/C20H26BrN3O2/c1-20(2,3)17-13-22-18(26-17)14-23-8-5-9-24(11-10-23)19(25)15-6-4-7-16(21)12-15/h4,6-7,12-13H,5,8-11,14H2,1-3H3. The second kappa shape index (κ2) is 7.92. The average molecular weight is 420 g/mol. The molecule has 6 heteroatoms. The number of amides is 1. The summed E-state index contributed by atoms with van der Waals surface area (Å²) in [4.78, 5) is 21.4. The molecule has 0 bridgehead atoms. The van der Waals surface area contributed by atoms with E-state index in [-0.39, 0.29) is 11.3 Å². The molecule has 5 nitrogen and oxygen atoms in total. The Morgan fingerprint density at radius 2 is 2.04 bits per heavy atom. The molecule has 0 unspecified atom stereocenters. The van der Waals surface area contributed by atoms with Crippen molar-refractivity contribution in [1.29, 1.82) is 0 Å². The van der Waals surface area contributed by atoms with E-state index in [0.29, 0.717) is 6.54 Å². The van der Waals surface area contributed by atoms with Crippen molar-refractivity contribution in [2.75, 3.05) is 26.2 Å². The summed E-state index contributed by atoms with van der Waals surface area (Å²) < 4.78 is 6.84. The highest BCUT2D eigenvalue weighted by Gasteiger charge is 2.23. The van der Waals surface area contributed by atoms with E-state index in [1.54, 1.807) is 0 Å². The number of carbonyl (C=O) groups is 1. The first-order valence-electron chi connectivity index (χ1n) is 9.05. The predicted molar refractivity (Wildman–Crippen MR) is 105 cm³/mol. The number of rotatable bonds is 3. The third-order valence-corrected chi connectivity index (χ3v) is 5.09. The van der Waals surface area contributed by atoms with Gasteiger partial charge in [0.2, 0.25) is 5.89 Å². The molecule has 2 aromatic rings. The van der Waals surface area contributed by atoms with Crippen LogP contribution < -0.4 is 0 Å². The fraction of sp³-hybridized carbons (Fsp3) is 0.500. The molecular formula is C20H26BrN3O2. The number of benzene rings is 1. The van der Waals surface area contributed by atoms with Crippen molar-refractivity contribution in [2.45, 2.75) is 39.2 Å². The minimum Gasteiger partial charge on any atom is -0.444 e. The lowest BCUT2D eigenvalue weighted by atomic mass is 9.94. The third-order valence-electron chi connectivity index (χ3n) is 4.60. The fourth-order valence-corrected chi connectivity index (χ4v) is 3.46. The predicted octanol–water partition coefficient (Wildman–Crippen LogP) is 4.08. The van der Waals surface area contributed by atoms with Crippen LogP contribution in [0.25, 0.3) is 0 Å². The first-order chi connectivity index (χ1) is 12.3. The van der Waals surface area contributed by atoms with Crippen molar-refractivity contribution >= 4 is 21.8 Å². The van der Waals surface area contributed by atoms with E-state index in [9.17, 15) is 4.79 Å². The zero-order chi connectivity index (χ0) is 18.7. The summed E-state index contributed by atoms with van der Waals surface area (Å²) >= 11 is 3.44. The number of halogens is 1. The summed E-state index contributed by atoms with van der Waals surface area (Å²) in [6, 6.07) is 7.59. The lowest BCUT2D eigenvalue weighted by Gasteiger charge is -2.21. The quantitative estimate of drug-likeness (QED) is 0.751. The van der Waals surface area contributed by atoms with Crippen LogP contribution in [0.5, 0.6) is 0 Å². The van der Waals surface area contributed by atoms with Crippen LogP contribution in [-0.4, -0.2) is 46.9 Å². The number of nitrogens with zero attached hydrogens (tertiary/aromatic N) is 3. The van der Waals surface area contributed by atoms with E-state index in [2.05, 4.69) is 46.6 Å². The van der Waals surface area contributed by atoms with Crippen LogP contribution in [0, 0.1) is 0 Å². The number of carbonyl (C=O) groups excluding carboxylic acids is 1. The van der Waals surface area contributed by atoms with Gasteiger partial charge in [-0.3, -0.25) is 9.69 Å². The van der Waals surface area contributed by atoms with Gasteiger partial charge in [0.15, 0.2) is 0 Å². The minimum atomic E-state index is -0.0305. The van der Waals surface area contributed by atoms with E-state index in [4.69, 9.17) is 4.42 Å². The molecule has 26 heavy (non-hydrogen) atoms. The summed E-state index contributed by atoms with van der Waals surface area (Å²) in [5, 5.41) is 0. The topological polar surface area (TPSA) is 49.6 Å². The Kier molecular flexibility index (Phi) is 5.82. The molecule has 1 fully saturated rings. The molecule has 1 aromatic heterocycles. The van der Waals surface area contributed by atoms with Gasteiger partial charge in [0.1, 0.15) is 5.76 Å². The van der Waals surface area contributed by atoms with Crippen molar-refractivity contribution in [3.05, 3.63) is 52.1 Å². The molecule has 1 aromatic carbocycles. The maximum Gasteiger partial charge on any atom is 0.253 e. The lowest BCUT2D eigenvalue weighted by molar-refractivity contribution is 0.0760. The Morgan fingerprint density at radius 3 is 2.73 bits per heavy atom. The highest BCUT2D eigenvalue weighted by atomic mass is 79.9. The Labute approximate surface area is 163 Å². The fourth-order valence-electron chi connectivity index (χ4n) is 3.06. The first kappa shape index (κ1) is 19.1. The Morgan fingerprint density at radius 1 is 1.23 bits per heavy atom. The van der Waals surface area contributed by atoms with Crippen LogP contribution in [0.3, 0.4) is 0 Å². The van der Waals surface area contributed by atoms with Gasteiger partial charge in [-0.05, 0) is 24.6 Å². The summed E-state index contributed by atoms with van der Waals surface area (Å²) in [5.41, 5.74) is 0.701. The molecule has 0 spiro atoms. The molecule has 0 radical (unpaired) electrons. The SMILES string of the molecule is CC(C)(C)c1cnc(CN2CCCN(C(=O)c3cccc(Br)c3)CC2)o1. The van der Waals surface area contributed by atoms with Gasteiger partial charge in [-0.15, -0.1) is 0 Å². The highest BCUT2D eigenvalue weighted by molar-refractivity contribution is 9.10. The minimum absolute atomic E-state index is 0.0305. The summed E-state index contributed by atoms with van der Waals surface area (Å²) in [6.07, 6.45) is 2.78. The van der Waals surface area contributed by atoms with Gasteiger partial charge < -0.3 is 9.32 Å². The van der Waals surface area contributed by atoms with Crippen LogP contribution >= 0.6 is 15.9 Å². The van der Waals surface area contributed by atoms with Crippen molar-refractivity contribution in [2.24, 2.45) is 0 Å². The second-order valence-corrected chi connectivity index (χ2v) is 8.72. The van der Waals surface area contributed by atoms with Gasteiger partial charge in [0.05, 0.1) is 12.7 Å². The molecule has 0 saturated carbocycles. The summed E-state index contributed by atoms with van der Waals surface area (Å²) in [7, 11) is 0. The molecule has 0 atom stereocenters. The number of aromatic nitrogens is 1. The van der Waals surface area contributed by atoms with Gasteiger partial charge in [0, 0.05) is 41.6 Å². The smallest absolute Gasteiger partial charge is 0.253 e. The largest absolute Gasteiger partial charge is 0.444 e. The van der Waals surface area contributed by atoms with Gasteiger partial charge in [0.25, 0.3) is 5.91 Å². The van der Waals surface area contributed by atoms with E-state index >= 15 is 0 Å². The van der Waals surface area contributed by atoms with E-state index in [0.717, 1.165) is 54.3 Å². The highest BCUT2D eigenvalue weighted by Crippen LogP contribution is 2.23. The normalized spacial score (nSPS) is 16.5. The number of hydrogen-bond donors (Lipinski definition) is 0. The molecule has 0 aliphatic carbocycles. The molecule has 3 rings (SSSR count). The lowest BCUT2D eigenvalue weighted by Crippen LogP contribution is -2.35. The summed E-state index contributed by atoms with van der Waals surface area (Å²) in [6.45, 7) is 10.3. The van der Waals surface area contributed by atoms with Crippen LogP contribution in [0.2, 0.25) is 0 Å². The Hall–Kier alpha value is -1.66. The number of oxazole rings is 1. The van der Waals surface area contributed by atoms with E-state index in [1.807, 2.05) is 35.4 Å². The molecule has 2 heterocycles. The maximum absolute atomic E-state index is 12.7. The average Bonchev–Trinajstić information content (AvgIpc) is 2.94. The maximum atomic E-state index is 12.7. The molecule has 1 aliphatic heterocycles. The first-order valence-corrected chi connectivity index (χ1v) is 9.84. The van der Waals surface area contributed by atoms with Gasteiger partial charge in [-0.25, -0.2) is 4.98 Å². The molecule has 0 N–H and O–H groups in total.